The molecule has 1 aliphatic carbocycles. The van der Waals surface area contributed by atoms with Gasteiger partial charge in [0.25, 0.3) is 20.2 Å². The quantitative estimate of drug-likeness (QED) is 0.0366. The van der Waals surface area contributed by atoms with Crippen molar-refractivity contribution in [3.05, 3.63) is 118 Å². The molecular formula is C36H31N9O7S2. The van der Waals surface area contributed by atoms with Crippen molar-refractivity contribution in [3.8, 4) is 11.1 Å². The number of anilines is 4. The van der Waals surface area contributed by atoms with Crippen LogP contribution in [0.25, 0.3) is 17.2 Å². The number of nitrogens with zero attached hydrogens (tertiary/aromatic N) is 5. The lowest BCUT2D eigenvalue weighted by Crippen LogP contribution is -2.28. The Balaban J connectivity index is 1.34. The van der Waals surface area contributed by atoms with Gasteiger partial charge in [-0.3, -0.25) is 19.3 Å². The summed E-state index contributed by atoms with van der Waals surface area (Å²) in [6, 6.07) is 24.8. The summed E-state index contributed by atoms with van der Waals surface area (Å²) in [6.07, 6.45) is 0.819. The van der Waals surface area contributed by atoms with Crippen molar-refractivity contribution in [3.63, 3.8) is 0 Å². The fourth-order valence-electron chi connectivity index (χ4n) is 5.50. The highest BCUT2D eigenvalue weighted by Gasteiger charge is 2.37. The Hall–Kier alpha value is -6.60. The monoisotopic (exact) mass is 765 g/mol. The van der Waals surface area contributed by atoms with Crippen molar-refractivity contribution < 1.29 is 30.7 Å². The zero-order valence-electron chi connectivity index (χ0n) is 28.5. The molecule has 16 nitrogen and oxygen atoms in total. The van der Waals surface area contributed by atoms with Gasteiger partial charge in [-0.15, -0.1) is 10.2 Å². The highest BCUT2D eigenvalue weighted by molar-refractivity contribution is 7.91. The van der Waals surface area contributed by atoms with Crippen molar-refractivity contribution in [1.82, 2.24) is 0 Å². The number of Topliss-reactive ketones (excluding diaryl/α,β-unsaturated/α-hetero) is 1. The zero-order valence-corrected chi connectivity index (χ0v) is 30.1. The number of nitrogens with two attached hydrogens (primary N) is 3. The minimum Gasteiger partial charge on any atom is -0.399 e. The summed E-state index contributed by atoms with van der Waals surface area (Å²) in [6.45, 7) is 3.63. The van der Waals surface area contributed by atoms with E-state index < -0.39 is 52.9 Å². The van der Waals surface area contributed by atoms with E-state index in [2.05, 4.69) is 31.0 Å². The summed E-state index contributed by atoms with van der Waals surface area (Å²) in [4.78, 5) is 11.9. The van der Waals surface area contributed by atoms with Gasteiger partial charge in [-0.25, -0.2) is 0 Å². The van der Waals surface area contributed by atoms with Gasteiger partial charge in [0.05, 0.1) is 34.0 Å². The maximum atomic E-state index is 13.7. The Kier molecular flexibility index (Phi) is 9.93. The number of para-hydroxylation sites is 1. The third-order valence-corrected chi connectivity index (χ3v) is 9.96. The molecule has 54 heavy (non-hydrogen) atoms. The molecular weight excluding hydrogens is 735 g/mol. The van der Waals surface area contributed by atoms with Gasteiger partial charge in [0, 0.05) is 5.69 Å². The second kappa shape index (κ2) is 14.4. The van der Waals surface area contributed by atoms with Crippen molar-refractivity contribution >= 4 is 83.3 Å². The Morgan fingerprint density at radius 3 is 1.80 bits per heavy atom. The van der Waals surface area contributed by atoms with Crippen LogP contribution < -0.4 is 22.6 Å². The molecule has 5 aromatic carbocycles. The molecule has 0 bridgehead atoms. The molecule has 0 fully saturated rings. The van der Waals surface area contributed by atoms with Crippen LogP contribution in [0.5, 0.6) is 0 Å². The summed E-state index contributed by atoms with van der Waals surface area (Å²) >= 11 is 0. The first-order chi connectivity index (χ1) is 25.5. The summed E-state index contributed by atoms with van der Waals surface area (Å²) < 4.78 is 69.7. The smallest absolute Gasteiger partial charge is 0.296 e. The number of hydrogen-bond acceptors (Lipinski definition) is 14. The van der Waals surface area contributed by atoms with E-state index in [-0.39, 0.29) is 11.1 Å². The highest BCUT2D eigenvalue weighted by Crippen LogP contribution is 2.41. The predicted molar refractivity (Wildman–Crippen MR) is 207 cm³/mol. The lowest BCUT2D eigenvalue weighted by molar-refractivity contribution is 0.106. The molecule has 0 radical (unpaired) electrons. The summed E-state index contributed by atoms with van der Waals surface area (Å²) in [5.74, 6) is -1.07. The number of allylic oxidation sites excluding steroid dienone is 1. The minimum atomic E-state index is -5.06. The van der Waals surface area contributed by atoms with Crippen molar-refractivity contribution in [2.45, 2.75) is 18.7 Å². The predicted octanol–water partition coefficient (Wildman–Crippen LogP) is 7.69. The van der Waals surface area contributed by atoms with E-state index in [4.69, 9.17) is 17.2 Å². The van der Waals surface area contributed by atoms with Crippen LogP contribution in [0.2, 0.25) is 0 Å². The van der Waals surface area contributed by atoms with Crippen LogP contribution in [0.3, 0.4) is 0 Å². The number of aryl methyl sites for hydroxylation is 2. The topological polar surface area (TPSA) is 278 Å². The third kappa shape index (κ3) is 7.76. The summed E-state index contributed by atoms with van der Waals surface area (Å²) in [7, 11) is -10.1. The van der Waals surface area contributed by atoms with Crippen molar-refractivity contribution in [2.24, 2.45) is 25.6 Å². The molecule has 0 heterocycles. The molecule has 0 aliphatic heterocycles. The minimum absolute atomic E-state index is 0.301. The van der Waals surface area contributed by atoms with Crippen LogP contribution in [0.15, 0.2) is 126 Å². The number of nitrogens with one attached hydrogen (secondary N) is 1. The van der Waals surface area contributed by atoms with E-state index in [1.54, 1.807) is 67.6 Å². The van der Waals surface area contributed by atoms with E-state index in [9.17, 15) is 30.7 Å². The first kappa shape index (κ1) is 37.2. The zero-order chi connectivity index (χ0) is 38.9. The SMILES string of the molecule is Cc1cc(-c2ccc(N=Nc3c(S(=O)(=O)O)cc4c(c3N)C(=O)/C(=N/Nc3ccccc3)C(S(=O)(=O)O)=C4)c(C)c2)ccc1N=Nc1ccc(N)cc1N. The summed E-state index contributed by atoms with van der Waals surface area (Å²) in [5, 5.41) is 20.7. The van der Waals surface area contributed by atoms with Gasteiger partial charge in [-0.05, 0) is 108 Å². The number of hydrazone groups is 1. The molecule has 0 atom stereocenters. The number of carbonyl (C=O) groups excluding carboxylic acids is 1. The Morgan fingerprint density at radius 2 is 1.24 bits per heavy atom. The summed E-state index contributed by atoms with van der Waals surface area (Å²) in [5.41, 5.74) is 23.9. The largest absolute Gasteiger partial charge is 0.399 e. The molecule has 1 aliphatic rings. The number of benzene rings is 5. The molecule has 274 valence electrons. The number of fused-ring (bicyclic) bond motifs is 1. The van der Waals surface area contributed by atoms with Gasteiger partial charge >= 0.3 is 0 Å². The van der Waals surface area contributed by atoms with E-state index in [0.29, 0.717) is 39.7 Å². The molecule has 0 unspecified atom stereocenters. The van der Waals surface area contributed by atoms with E-state index in [1.807, 2.05) is 31.2 Å². The van der Waals surface area contributed by atoms with Crippen LogP contribution in [0.4, 0.5) is 45.5 Å². The molecule has 9 N–H and O–H groups in total. The van der Waals surface area contributed by atoms with Gasteiger partial charge in [-0.1, -0.05) is 30.3 Å². The van der Waals surface area contributed by atoms with Gasteiger partial charge in [-0.2, -0.15) is 32.2 Å². The van der Waals surface area contributed by atoms with Gasteiger partial charge < -0.3 is 17.2 Å². The van der Waals surface area contributed by atoms with Crippen LogP contribution in [0, 0.1) is 13.8 Å². The fraction of sp³-hybridized carbons (Fsp3) is 0.0556. The average molecular weight is 766 g/mol. The molecule has 5 aromatic rings. The molecule has 18 heteroatoms. The molecule has 0 aromatic heterocycles. The second-order valence-electron chi connectivity index (χ2n) is 12.0. The van der Waals surface area contributed by atoms with Gasteiger partial charge in [0.2, 0.25) is 5.78 Å². The van der Waals surface area contributed by atoms with Crippen molar-refractivity contribution in [1.29, 1.82) is 0 Å². The lowest BCUT2D eigenvalue weighted by atomic mass is 9.92. The third-order valence-electron chi connectivity index (χ3n) is 8.22. The van der Waals surface area contributed by atoms with Crippen LogP contribution in [-0.2, 0) is 20.2 Å². The molecule has 0 saturated heterocycles. The standard InChI is InChI=1S/C36H31N9O7S2/c1-19-14-21(8-11-27(19)41-43-29-13-10-24(37)18-26(29)38)22-9-12-28(20(2)15-22)42-44-34-30(53(47,48)49)16-23-17-31(54(50,51)52)35(36(46)32(23)33(34)39)45-40-25-6-4-3-5-7-25/h3-18,40H,37-39H2,1-2H3,(H,47,48,49)(H,50,51,52)/b43-41?,44-42?,45-35+. The molecule has 6 rings (SSSR count). The Bertz CT molecular complexity index is 2710. The molecule has 0 spiro atoms. The fourth-order valence-corrected chi connectivity index (χ4v) is 6.83. The number of rotatable bonds is 9. The van der Waals surface area contributed by atoms with E-state index in [0.717, 1.165) is 28.8 Å². The number of carbonyl (C=O) groups is 1. The molecule has 0 saturated carbocycles. The van der Waals surface area contributed by atoms with Crippen molar-refractivity contribution in [2.75, 3.05) is 22.6 Å². The first-order valence-corrected chi connectivity index (χ1v) is 18.7. The van der Waals surface area contributed by atoms with Gasteiger partial charge in [0.15, 0.2) is 5.71 Å². The maximum Gasteiger partial charge on any atom is 0.296 e. The maximum absolute atomic E-state index is 13.7. The number of ketones is 1. The normalized spacial score (nSPS) is 14.1. The van der Waals surface area contributed by atoms with Crippen LogP contribution in [-0.4, -0.2) is 37.4 Å². The van der Waals surface area contributed by atoms with Crippen LogP contribution in [0.1, 0.15) is 27.0 Å². The first-order valence-electron chi connectivity index (χ1n) is 15.8. The number of azo groups is 2. The number of nitrogen functional groups attached to an aromatic ring is 3. The number of hydrogen-bond donors (Lipinski definition) is 6. The highest BCUT2D eigenvalue weighted by atomic mass is 32.2. The Labute approximate surface area is 309 Å². The lowest BCUT2D eigenvalue weighted by Gasteiger charge is -2.20. The van der Waals surface area contributed by atoms with Crippen LogP contribution >= 0.6 is 0 Å². The van der Waals surface area contributed by atoms with E-state index in [1.165, 1.54) is 0 Å². The Morgan fingerprint density at radius 1 is 0.667 bits per heavy atom. The van der Waals surface area contributed by atoms with E-state index >= 15 is 0 Å². The molecule has 0 amide bonds. The average Bonchev–Trinajstić information content (AvgIpc) is 3.10. The second-order valence-corrected chi connectivity index (χ2v) is 14.8. The van der Waals surface area contributed by atoms with Gasteiger partial charge in [0.1, 0.15) is 21.2 Å².